The van der Waals surface area contributed by atoms with Gasteiger partial charge in [0.1, 0.15) is 0 Å². The Morgan fingerprint density at radius 1 is 0.571 bits per heavy atom. The SMILES string of the molecule is C1COCCO1.ClC(Cl)Cl.ClC(Cl)Cl. The van der Waals surface area contributed by atoms with Crippen molar-refractivity contribution in [1.29, 1.82) is 0 Å². The normalized spacial score (nSPS) is 15.4. The lowest BCUT2D eigenvalue weighted by Crippen LogP contribution is -2.16. The predicted molar refractivity (Wildman–Crippen MR) is 64.3 cm³/mol. The second-order valence-electron chi connectivity index (χ2n) is 1.72. The van der Waals surface area contributed by atoms with Gasteiger partial charge in [-0.05, 0) is 0 Å². The molecular formula is C6H10Cl6O2. The number of rotatable bonds is 0. The van der Waals surface area contributed by atoms with Gasteiger partial charge in [0.25, 0.3) is 0 Å². The first kappa shape index (κ1) is 18.0. The molecule has 1 rings (SSSR count). The lowest BCUT2D eigenvalue weighted by atomic mass is 10.6. The Kier molecular flexibility index (Phi) is 18.9. The summed E-state index contributed by atoms with van der Waals surface area (Å²) in [5.41, 5.74) is 0. The van der Waals surface area contributed by atoms with Gasteiger partial charge in [0, 0.05) is 0 Å². The van der Waals surface area contributed by atoms with Crippen molar-refractivity contribution < 1.29 is 9.47 Å². The summed E-state index contributed by atoms with van der Waals surface area (Å²) in [6, 6.07) is 0. The molecule has 8 heteroatoms. The Bertz CT molecular complexity index is 75.3. The van der Waals surface area contributed by atoms with Crippen LogP contribution in [0.3, 0.4) is 0 Å². The van der Waals surface area contributed by atoms with Gasteiger partial charge >= 0.3 is 0 Å². The highest BCUT2D eigenvalue weighted by atomic mass is 35.6. The molecule has 0 aromatic heterocycles. The van der Waals surface area contributed by atoms with Crippen LogP contribution in [0.25, 0.3) is 0 Å². The van der Waals surface area contributed by atoms with E-state index in [2.05, 4.69) is 0 Å². The summed E-state index contributed by atoms with van der Waals surface area (Å²) in [4.78, 5) is 0. The molecule has 0 saturated carbocycles. The maximum Gasteiger partial charge on any atom is 0.180 e. The molecule has 88 valence electrons. The first-order valence-corrected chi connectivity index (χ1v) is 6.08. The third kappa shape index (κ3) is 37.3. The fourth-order valence-corrected chi connectivity index (χ4v) is 0.440. The molecule has 0 atom stereocenters. The van der Waals surface area contributed by atoms with Gasteiger partial charge in [-0.2, -0.15) is 0 Å². The molecule has 1 aliphatic rings. The molecule has 0 aliphatic carbocycles. The Balaban J connectivity index is 0. The van der Waals surface area contributed by atoms with Crippen LogP contribution in [0.1, 0.15) is 0 Å². The van der Waals surface area contributed by atoms with E-state index in [0.29, 0.717) is 0 Å². The summed E-state index contributed by atoms with van der Waals surface area (Å²) < 4.78 is 8.39. The van der Waals surface area contributed by atoms with Crippen LogP contribution >= 0.6 is 69.6 Å². The molecule has 0 spiro atoms. The minimum absolute atomic E-state index is 0.750. The second-order valence-corrected chi connectivity index (χ2v) is 5.68. The van der Waals surface area contributed by atoms with Crippen LogP contribution in [-0.4, -0.2) is 35.0 Å². The van der Waals surface area contributed by atoms with Gasteiger partial charge < -0.3 is 9.47 Å². The smallest absolute Gasteiger partial charge is 0.180 e. The molecule has 0 radical (unpaired) electrons. The number of hydrogen-bond acceptors (Lipinski definition) is 2. The summed E-state index contributed by atoms with van der Waals surface area (Å²) in [6.07, 6.45) is 0. The van der Waals surface area contributed by atoms with Gasteiger partial charge in [0.15, 0.2) is 8.59 Å². The lowest BCUT2D eigenvalue weighted by Gasteiger charge is -2.09. The van der Waals surface area contributed by atoms with Crippen LogP contribution in [-0.2, 0) is 9.47 Å². The van der Waals surface area contributed by atoms with E-state index in [4.69, 9.17) is 79.1 Å². The van der Waals surface area contributed by atoms with E-state index < -0.39 is 8.59 Å². The van der Waals surface area contributed by atoms with Crippen molar-refractivity contribution in [3.05, 3.63) is 0 Å². The van der Waals surface area contributed by atoms with Crippen molar-refractivity contribution in [2.45, 2.75) is 8.59 Å². The average molecular weight is 327 g/mol. The van der Waals surface area contributed by atoms with Crippen molar-refractivity contribution in [2.75, 3.05) is 26.4 Å². The summed E-state index contributed by atoms with van der Waals surface area (Å²) in [7, 11) is 0. The monoisotopic (exact) mass is 324 g/mol. The van der Waals surface area contributed by atoms with E-state index in [1.807, 2.05) is 0 Å². The van der Waals surface area contributed by atoms with E-state index in [1.165, 1.54) is 0 Å². The van der Waals surface area contributed by atoms with Gasteiger partial charge in [-0.1, -0.05) is 69.6 Å². The van der Waals surface area contributed by atoms with E-state index in [1.54, 1.807) is 0 Å². The molecule has 1 saturated heterocycles. The Labute approximate surface area is 114 Å². The van der Waals surface area contributed by atoms with Crippen molar-refractivity contribution in [3.8, 4) is 0 Å². The van der Waals surface area contributed by atoms with Crippen LogP contribution in [0.15, 0.2) is 0 Å². The molecule has 2 nitrogen and oxygen atoms in total. The van der Waals surface area contributed by atoms with Gasteiger partial charge in [0.2, 0.25) is 0 Å². The molecular weight excluding hydrogens is 317 g/mol. The highest BCUT2D eigenvalue weighted by Gasteiger charge is 1.94. The molecule has 14 heavy (non-hydrogen) atoms. The van der Waals surface area contributed by atoms with E-state index in [-0.39, 0.29) is 0 Å². The minimum Gasteiger partial charge on any atom is -0.377 e. The summed E-state index contributed by atoms with van der Waals surface area (Å²) in [5.74, 6) is 0. The number of ether oxygens (including phenoxy) is 2. The zero-order chi connectivity index (χ0) is 11.4. The van der Waals surface area contributed by atoms with Crippen molar-refractivity contribution in [1.82, 2.24) is 0 Å². The number of hydrogen-bond donors (Lipinski definition) is 0. The topological polar surface area (TPSA) is 18.5 Å². The minimum atomic E-state index is -0.750. The molecule has 0 bridgehead atoms. The maximum absolute atomic E-state index is 4.94. The summed E-state index contributed by atoms with van der Waals surface area (Å²) in [6.45, 7) is 3.11. The number of alkyl halides is 6. The third-order valence-corrected chi connectivity index (χ3v) is 0.744. The quantitative estimate of drug-likeness (QED) is 0.626. The van der Waals surface area contributed by atoms with E-state index in [0.717, 1.165) is 26.4 Å². The molecule has 0 N–H and O–H groups in total. The zero-order valence-corrected chi connectivity index (χ0v) is 11.6. The van der Waals surface area contributed by atoms with Crippen molar-refractivity contribution in [3.63, 3.8) is 0 Å². The Hall–Kier alpha value is 1.66. The van der Waals surface area contributed by atoms with Crippen molar-refractivity contribution in [2.24, 2.45) is 0 Å². The molecule has 0 unspecified atom stereocenters. The van der Waals surface area contributed by atoms with Gasteiger partial charge in [-0.25, -0.2) is 0 Å². The highest BCUT2D eigenvalue weighted by Crippen LogP contribution is 2.04. The molecule has 0 amide bonds. The van der Waals surface area contributed by atoms with Gasteiger partial charge in [0.05, 0.1) is 26.4 Å². The van der Waals surface area contributed by atoms with Gasteiger partial charge in [-0.3, -0.25) is 0 Å². The fourth-order valence-electron chi connectivity index (χ4n) is 0.440. The maximum atomic E-state index is 4.94. The lowest BCUT2D eigenvalue weighted by molar-refractivity contribution is -0.0334. The van der Waals surface area contributed by atoms with Crippen LogP contribution in [0.2, 0.25) is 0 Å². The highest BCUT2D eigenvalue weighted by molar-refractivity contribution is 6.63. The fraction of sp³-hybridized carbons (Fsp3) is 1.00. The van der Waals surface area contributed by atoms with Crippen molar-refractivity contribution >= 4 is 69.6 Å². The average Bonchev–Trinajstić information content (AvgIpc) is 2.05. The Morgan fingerprint density at radius 2 is 0.714 bits per heavy atom. The van der Waals surface area contributed by atoms with Crippen LogP contribution in [0.4, 0.5) is 0 Å². The zero-order valence-electron chi connectivity index (χ0n) is 7.07. The third-order valence-electron chi connectivity index (χ3n) is 0.744. The standard InChI is InChI=1S/C4H8O2.2CHCl3/c1-2-6-4-3-5-1;2*2-1(3)4/h1-4H2;2*1H. The van der Waals surface area contributed by atoms with E-state index in [9.17, 15) is 0 Å². The first-order chi connectivity index (χ1) is 6.46. The largest absolute Gasteiger partial charge is 0.377 e. The Morgan fingerprint density at radius 3 is 0.786 bits per heavy atom. The summed E-state index contributed by atoms with van der Waals surface area (Å²) in [5, 5.41) is 0. The second kappa shape index (κ2) is 14.7. The van der Waals surface area contributed by atoms with Crippen LogP contribution in [0.5, 0.6) is 0 Å². The molecule has 0 aromatic rings. The molecule has 0 aromatic carbocycles. The first-order valence-electron chi connectivity index (χ1n) is 3.46. The van der Waals surface area contributed by atoms with Gasteiger partial charge in [-0.15, -0.1) is 0 Å². The molecule has 1 heterocycles. The van der Waals surface area contributed by atoms with E-state index >= 15 is 0 Å². The molecule has 1 aliphatic heterocycles. The van der Waals surface area contributed by atoms with Crippen LogP contribution < -0.4 is 0 Å². The summed E-state index contributed by atoms with van der Waals surface area (Å²) >= 11 is 28.8. The number of halogens is 6. The predicted octanol–water partition coefficient (Wildman–Crippen LogP) is 4.01. The molecule has 1 fully saturated rings. The van der Waals surface area contributed by atoms with Crippen LogP contribution in [0, 0.1) is 0 Å².